The van der Waals surface area contributed by atoms with Crippen molar-refractivity contribution in [2.24, 2.45) is 0 Å². The van der Waals surface area contributed by atoms with Crippen molar-refractivity contribution in [2.45, 2.75) is 27.7 Å². The van der Waals surface area contributed by atoms with Gasteiger partial charge in [-0.3, -0.25) is 9.69 Å². The smallest absolute Gasteiger partial charge is 0.238 e. The number of hydrogen-bond acceptors (Lipinski definition) is 2. The fourth-order valence-electron chi connectivity index (χ4n) is 1.84. The van der Waals surface area contributed by atoms with Crippen LogP contribution in [0.4, 0.5) is 5.69 Å². The van der Waals surface area contributed by atoms with E-state index in [9.17, 15) is 4.79 Å². The Hall–Kier alpha value is -0.620. The summed E-state index contributed by atoms with van der Waals surface area (Å²) in [5, 5.41) is 3.00. The van der Waals surface area contributed by atoms with Crippen LogP contribution in [0, 0.1) is 13.8 Å². The van der Waals surface area contributed by atoms with Crippen molar-refractivity contribution in [2.75, 3.05) is 29.9 Å². The number of nitrogens with zero attached hydrogens (tertiary/aromatic N) is 1. The van der Waals surface area contributed by atoms with Crippen molar-refractivity contribution in [3.63, 3.8) is 0 Å². The fraction of sp³-hybridized carbons (Fsp3) is 0.533. The van der Waals surface area contributed by atoms with Crippen LogP contribution in [0.15, 0.2) is 18.2 Å². The van der Waals surface area contributed by atoms with Gasteiger partial charge in [0.2, 0.25) is 5.91 Å². The number of rotatable bonds is 5. The van der Waals surface area contributed by atoms with Crippen molar-refractivity contribution in [3.05, 3.63) is 29.3 Å². The fourth-order valence-corrected chi connectivity index (χ4v) is 1.84. The molecule has 0 saturated carbocycles. The maximum Gasteiger partial charge on any atom is 0.238 e. The maximum atomic E-state index is 11.9. The van der Waals surface area contributed by atoms with Crippen molar-refractivity contribution >= 4 is 34.2 Å². The molecule has 0 bridgehead atoms. The number of carbonyl (C=O) groups excluding carboxylic acids is 1. The van der Waals surface area contributed by atoms with E-state index >= 15 is 0 Å². The van der Waals surface area contributed by atoms with Crippen LogP contribution >= 0.6 is 22.6 Å². The van der Waals surface area contributed by atoms with Gasteiger partial charge in [-0.05, 0) is 43.0 Å². The zero-order valence-electron chi connectivity index (χ0n) is 12.6. The molecule has 4 heteroatoms. The number of hydrogen-bond donors (Lipinski definition) is 1. The standard InChI is InChI=1S/C14H22N2O.CH3I/c1-5-16(6-2)10-13(17)15-14-11(3)8-7-9-12(14)4;1-2/h7-9H,5-6,10H2,1-4H3,(H,15,17);1H3. The molecule has 1 N–H and O–H groups in total. The Morgan fingerprint density at radius 1 is 1.16 bits per heavy atom. The minimum Gasteiger partial charge on any atom is -0.324 e. The molecule has 0 aliphatic rings. The van der Waals surface area contributed by atoms with Crippen LogP contribution in [0.5, 0.6) is 0 Å². The first kappa shape index (κ1) is 18.4. The van der Waals surface area contributed by atoms with Crippen LogP contribution in [-0.4, -0.2) is 35.4 Å². The van der Waals surface area contributed by atoms with Crippen molar-refractivity contribution in [1.29, 1.82) is 0 Å². The highest BCUT2D eigenvalue weighted by molar-refractivity contribution is 14.1. The molecule has 0 heterocycles. The molecule has 1 amide bonds. The van der Waals surface area contributed by atoms with Gasteiger partial charge in [0, 0.05) is 5.69 Å². The Bertz CT molecular complexity index is 369. The van der Waals surface area contributed by atoms with Gasteiger partial charge in [-0.2, -0.15) is 0 Å². The Kier molecular flexibility index (Phi) is 9.87. The molecule has 0 atom stereocenters. The molecule has 0 aliphatic heterocycles. The lowest BCUT2D eigenvalue weighted by molar-refractivity contribution is -0.117. The highest BCUT2D eigenvalue weighted by Crippen LogP contribution is 2.19. The molecule has 0 aliphatic carbocycles. The third kappa shape index (κ3) is 6.38. The van der Waals surface area contributed by atoms with E-state index in [1.165, 1.54) is 0 Å². The number of nitrogens with one attached hydrogen (secondary N) is 1. The van der Waals surface area contributed by atoms with Gasteiger partial charge in [0.25, 0.3) is 0 Å². The lowest BCUT2D eigenvalue weighted by Gasteiger charge is -2.18. The Labute approximate surface area is 130 Å². The summed E-state index contributed by atoms with van der Waals surface area (Å²) in [6.45, 7) is 10.4. The van der Waals surface area contributed by atoms with Crippen molar-refractivity contribution < 1.29 is 4.79 Å². The van der Waals surface area contributed by atoms with Crippen LogP contribution in [0.2, 0.25) is 0 Å². The number of halogens is 1. The molecule has 3 nitrogen and oxygen atoms in total. The van der Waals surface area contributed by atoms with Crippen LogP contribution in [0.1, 0.15) is 25.0 Å². The molecular weight excluding hydrogens is 351 g/mol. The van der Waals surface area contributed by atoms with Gasteiger partial charge in [-0.1, -0.05) is 54.6 Å². The molecule has 108 valence electrons. The number of anilines is 1. The van der Waals surface area contributed by atoms with Crippen LogP contribution in [0.25, 0.3) is 0 Å². The van der Waals surface area contributed by atoms with E-state index < -0.39 is 0 Å². The zero-order chi connectivity index (χ0) is 14.8. The molecule has 0 aromatic heterocycles. The summed E-state index contributed by atoms with van der Waals surface area (Å²) in [4.78, 5) is 16.0. The first-order valence-corrected chi connectivity index (χ1v) is 8.70. The number of carbonyl (C=O) groups is 1. The molecule has 0 unspecified atom stereocenters. The summed E-state index contributed by atoms with van der Waals surface area (Å²) in [7, 11) is 0. The first-order chi connectivity index (χ1) is 9.08. The zero-order valence-corrected chi connectivity index (χ0v) is 14.7. The predicted molar refractivity (Wildman–Crippen MR) is 92.3 cm³/mol. The highest BCUT2D eigenvalue weighted by Gasteiger charge is 2.09. The summed E-state index contributed by atoms with van der Waals surface area (Å²) >= 11 is 2.15. The molecule has 0 radical (unpaired) electrons. The van der Waals surface area contributed by atoms with Crippen LogP contribution in [0.3, 0.4) is 0 Å². The van der Waals surface area contributed by atoms with Gasteiger partial charge in [0.15, 0.2) is 0 Å². The molecule has 0 saturated heterocycles. The second-order valence-electron chi connectivity index (χ2n) is 4.28. The second-order valence-corrected chi connectivity index (χ2v) is 4.28. The molecule has 1 rings (SSSR count). The monoisotopic (exact) mass is 376 g/mol. The second kappa shape index (κ2) is 10.2. The molecule has 19 heavy (non-hydrogen) atoms. The summed E-state index contributed by atoms with van der Waals surface area (Å²) in [5.74, 6) is 0.0612. The van der Waals surface area contributed by atoms with E-state index in [0.717, 1.165) is 29.9 Å². The largest absolute Gasteiger partial charge is 0.324 e. The minimum atomic E-state index is 0.0612. The van der Waals surface area contributed by atoms with E-state index in [1.54, 1.807) is 0 Å². The molecule has 0 fully saturated rings. The number of para-hydroxylation sites is 1. The van der Waals surface area contributed by atoms with Crippen molar-refractivity contribution in [3.8, 4) is 0 Å². The van der Waals surface area contributed by atoms with Gasteiger partial charge in [0.1, 0.15) is 0 Å². The Morgan fingerprint density at radius 2 is 1.63 bits per heavy atom. The molecule has 1 aromatic carbocycles. The average molecular weight is 376 g/mol. The number of amides is 1. The van der Waals surface area contributed by atoms with E-state index in [4.69, 9.17) is 0 Å². The number of aryl methyl sites for hydroxylation is 2. The van der Waals surface area contributed by atoms with Gasteiger partial charge in [-0.15, -0.1) is 0 Å². The van der Waals surface area contributed by atoms with Crippen LogP contribution in [-0.2, 0) is 4.79 Å². The summed E-state index contributed by atoms with van der Waals surface area (Å²) in [6, 6.07) is 6.03. The van der Waals surface area contributed by atoms with E-state index in [1.807, 2.05) is 37.0 Å². The third-order valence-corrected chi connectivity index (χ3v) is 3.01. The Balaban J connectivity index is 0.00000154. The average Bonchev–Trinajstić information content (AvgIpc) is 2.42. The SMILES string of the molecule is CCN(CC)CC(=O)Nc1c(C)cccc1C.CI. The molecule has 1 aromatic rings. The van der Waals surface area contributed by atoms with Crippen molar-refractivity contribution in [1.82, 2.24) is 4.90 Å². The van der Waals surface area contributed by atoms with E-state index in [2.05, 4.69) is 46.7 Å². The predicted octanol–water partition coefficient (Wildman–Crippen LogP) is 3.63. The Morgan fingerprint density at radius 3 is 2.05 bits per heavy atom. The quantitative estimate of drug-likeness (QED) is 0.629. The highest BCUT2D eigenvalue weighted by atomic mass is 127. The van der Waals surface area contributed by atoms with Gasteiger partial charge >= 0.3 is 0 Å². The van der Waals surface area contributed by atoms with E-state index in [0.29, 0.717) is 6.54 Å². The first-order valence-electron chi connectivity index (χ1n) is 6.54. The summed E-state index contributed by atoms with van der Waals surface area (Å²) < 4.78 is 0. The maximum absolute atomic E-state index is 11.9. The lowest BCUT2D eigenvalue weighted by atomic mass is 10.1. The number of alkyl halides is 1. The molecular formula is C15H25IN2O. The summed E-state index contributed by atoms with van der Waals surface area (Å²) in [6.07, 6.45) is 0. The molecule has 0 spiro atoms. The normalized spacial score (nSPS) is 9.84. The van der Waals surface area contributed by atoms with Gasteiger partial charge < -0.3 is 5.32 Å². The van der Waals surface area contributed by atoms with Crippen LogP contribution < -0.4 is 5.32 Å². The number of likely N-dealkylation sites (N-methyl/N-ethyl adjacent to an activating group) is 1. The number of benzene rings is 1. The van der Waals surface area contributed by atoms with Gasteiger partial charge in [0.05, 0.1) is 6.54 Å². The van der Waals surface area contributed by atoms with E-state index in [-0.39, 0.29) is 5.91 Å². The van der Waals surface area contributed by atoms with Gasteiger partial charge in [-0.25, -0.2) is 0 Å². The summed E-state index contributed by atoms with van der Waals surface area (Å²) in [5.41, 5.74) is 3.17. The lowest BCUT2D eigenvalue weighted by Crippen LogP contribution is -2.33. The topological polar surface area (TPSA) is 32.3 Å². The third-order valence-electron chi connectivity index (χ3n) is 3.01. The minimum absolute atomic E-state index is 0.0612.